The number of nitrogens with one attached hydrogen (secondary N) is 3. The monoisotopic (exact) mass is 660 g/mol. The van der Waals surface area contributed by atoms with E-state index in [0.29, 0.717) is 46.9 Å². The average Bonchev–Trinajstić information content (AvgIpc) is 3.54. The van der Waals surface area contributed by atoms with Crippen molar-refractivity contribution in [2.75, 3.05) is 49.3 Å². The Hall–Kier alpha value is -5.37. The van der Waals surface area contributed by atoms with Gasteiger partial charge in [0.15, 0.2) is 22.5 Å². The van der Waals surface area contributed by atoms with Crippen molar-refractivity contribution in [2.24, 2.45) is 0 Å². The van der Waals surface area contributed by atoms with Gasteiger partial charge in [-0.2, -0.15) is 0 Å². The zero-order valence-corrected chi connectivity index (χ0v) is 27.7. The molecule has 1 aliphatic rings. The molecule has 1 aliphatic heterocycles. The molecule has 0 spiro atoms. The van der Waals surface area contributed by atoms with E-state index in [2.05, 4.69) is 34.1 Å². The molecule has 0 radical (unpaired) electrons. The Balaban J connectivity index is 1.61. The van der Waals surface area contributed by atoms with E-state index in [-0.39, 0.29) is 23.0 Å². The van der Waals surface area contributed by atoms with E-state index in [9.17, 15) is 18.8 Å². The predicted molar refractivity (Wildman–Crippen MR) is 183 cm³/mol. The normalized spacial score (nSPS) is 15.1. The summed E-state index contributed by atoms with van der Waals surface area (Å²) in [6.45, 7) is 13.6. The van der Waals surface area contributed by atoms with Crippen LogP contribution in [0.25, 0.3) is 11.3 Å². The molecule has 47 heavy (non-hydrogen) atoms. The highest BCUT2D eigenvalue weighted by Gasteiger charge is 2.31. The molecule has 1 unspecified atom stereocenters. The van der Waals surface area contributed by atoms with Gasteiger partial charge >= 0.3 is 0 Å². The fourth-order valence-corrected chi connectivity index (χ4v) is 5.76. The van der Waals surface area contributed by atoms with E-state index in [4.69, 9.17) is 14.7 Å². The Labute approximate surface area is 276 Å². The first kappa shape index (κ1) is 34.5. The number of anilines is 4. The van der Waals surface area contributed by atoms with E-state index in [1.807, 2.05) is 11.8 Å². The number of carbonyl (C=O) groups is 3. The second-order valence-electron chi connectivity index (χ2n) is 10.5. The standard InChI is InChI=1S/C33H37FN8O4S/c1-8-10-23(34)28(19(3)4)39-32(45)26-16-37-33(47-26)40-30-25(46-7)12-11-24(38-30)22-15-36-31(29(35-6)20(22)5)42-14-13-41(27(44)9-2)17-21(42)18-43/h8-12,15-16,18,21,35H,2-3,13-14,17H2,1,4-7H3,(H,39,45)(H,37,38,40)/b10-8-,28-23-. The number of carbonyl (C=O) groups excluding carboxylic acids is 3. The number of hydrogen-bond acceptors (Lipinski definition) is 11. The second-order valence-corrected chi connectivity index (χ2v) is 11.5. The van der Waals surface area contributed by atoms with Gasteiger partial charge < -0.3 is 35.3 Å². The molecule has 3 aromatic heterocycles. The largest absolute Gasteiger partial charge is 0.493 e. The molecule has 246 valence electrons. The van der Waals surface area contributed by atoms with Crippen LogP contribution in [0.15, 0.2) is 73.0 Å². The number of methoxy groups -OCH3 is 1. The number of aromatic nitrogens is 3. The van der Waals surface area contributed by atoms with Crippen LogP contribution in [-0.4, -0.2) is 77.8 Å². The quantitative estimate of drug-likeness (QED) is 0.135. The van der Waals surface area contributed by atoms with Gasteiger partial charge in [-0.25, -0.2) is 19.3 Å². The number of thiazole rings is 1. The lowest BCUT2D eigenvalue weighted by Gasteiger charge is -2.40. The van der Waals surface area contributed by atoms with Crippen molar-refractivity contribution < 1.29 is 23.5 Å². The van der Waals surface area contributed by atoms with Crippen molar-refractivity contribution in [3.05, 3.63) is 83.4 Å². The van der Waals surface area contributed by atoms with Gasteiger partial charge in [-0.05, 0) is 56.2 Å². The van der Waals surface area contributed by atoms with Gasteiger partial charge in [0.25, 0.3) is 5.91 Å². The molecule has 0 saturated carbocycles. The summed E-state index contributed by atoms with van der Waals surface area (Å²) in [7, 11) is 3.29. The summed E-state index contributed by atoms with van der Waals surface area (Å²) in [6.07, 6.45) is 7.92. The molecular formula is C33H37FN8O4S. The highest BCUT2D eigenvalue weighted by Crippen LogP contribution is 2.37. The molecule has 0 aliphatic carbocycles. The average molecular weight is 661 g/mol. The fraction of sp³-hybridized carbons (Fsp3) is 0.273. The van der Waals surface area contributed by atoms with Gasteiger partial charge in [-0.3, -0.25) is 9.59 Å². The van der Waals surface area contributed by atoms with Crippen LogP contribution in [0, 0.1) is 6.92 Å². The topological polar surface area (TPSA) is 142 Å². The molecular weight excluding hydrogens is 623 g/mol. The Morgan fingerprint density at radius 2 is 1.98 bits per heavy atom. The van der Waals surface area contributed by atoms with Crippen molar-refractivity contribution >= 4 is 51.9 Å². The summed E-state index contributed by atoms with van der Waals surface area (Å²) in [6, 6.07) is 2.98. The highest BCUT2D eigenvalue weighted by atomic mass is 32.1. The van der Waals surface area contributed by atoms with Gasteiger partial charge in [-0.1, -0.05) is 30.6 Å². The summed E-state index contributed by atoms with van der Waals surface area (Å²) in [4.78, 5) is 54.7. The minimum Gasteiger partial charge on any atom is -0.493 e. The van der Waals surface area contributed by atoms with E-state index in [1.54, 1.807) is 44.1 Å². The summed E-state index contributed by atoms with van der Waals surface area (Å²) in [5, 5.41) is 9.28. The van der Waals surface area contributed by atoms with Crippen LogP contribution in [0.4, 0.5) is 26.8 Å². The lowest BCUT2D eigenvalue weighted by Crippen LogP contribution is -2.55. The number of allylic oxidation sites excluding steroid dienone is 4. The minimum atomic E-state index is -0.604. The Morgan fingerprint density at radius 3 is 2.62 bits per heavy atom. The zero-order chi connectivity index (χ0) is 34.2. The van der Waals surface area contributed by atoms with Crippen LogP contribution in [0.3, 0.4) is 0 Å². The second kappa shape index (κ2) is 15.3. The van der Waals surface area contributed by atoms with Crippen LogP contribution in [0.2, 0.25) is 0 Å². The summed E-state index contributed by atoms with van der Waals surface area (Å²) in [5.41, 5.74) is 3.24. The number of piperazine rings is 1. The zero-order valence-electron chi connectivity index (χ0n) is 26.9. The summed E-state index contributed by atoms with van der Waals surface area (Å²) >= 11 is 1.06. The van der Waals surface area contributed by atoms with Gasteiger partial charge in [0.1, 0.15) is 23.0 Å². The van der Waals surface area contributed by atoms with Gasteiger partial charge in [0.2, 0.25) is 5.91 Å². The third-order valence-electron chi connectivity index (χ3n) is 7.43. The molecule has 0 bridgehead atoms. The maximum atomic E-state index is 14.5. The van der Waals surface area contributed by atoms with Crippen LogP contribution in [0.5, 0.6) is 5.75 Å². The number of amides is 2. The predicted octanol–water partition coefficient (Wildman–Crippen LogP) is 5.17. The Kier molecular flexibility index (Phi) is 11.2. The number of rotatable bonds is 12. The van der Waals surface area contributed by atoms with Crippen molar-refractivity contribution in [2.45, 2.75) is 26.8 Å². The molecule has 1 saturated heterocycles. The molecule has 2 amide bonds. The molecule has 0 aromatic carbocycles. The van der Waals surface area contributed by atoms with E-state index < -0.39 is 17.8 Å². The van der Waals surface area contributed by atoms with Gasteiger partial charge in [0, 0.05) is 38.4 Å². The first-order chi connectivity index (χ1) is 22.6. The Bertz CT molecular complexity index is 1770. The van der Waals surface area contributed by atoms with Crippen molar-refractivity contribution in [1.82, 2.24) is 25.2 Å². The van der Waals surface area contributed by atoms with Gasteiger partial charge in [-0.15, -0.1) is 0 Å². The number of ether oxygens (including phenoxy) is 1. The third-order valence-corrected chi connectivity index (χ3v) is 8.34. The number of halogens is 1. The Morgan fingerprint density at radius 1 is 1.21 bits per heavy atom. The first-order valence-electron chi connectivity index (χ1n) is 14.6. The number of hydrogen-bond donors (Lipinski definition) is 3. The number of nitrogens with zero attached hydrogens (tertiary/aromatic N) is 5. The van der Waals surface area contributed by atoms with Crippen LogP contribution < -0.4 is 25.6 Å². The third kappa shape index (κ3) is 7.55. The molecule has 4 rings (SSSR count). The van der Waals surface area contributed by atoms with Crippen molar-refractivity contribution in [1.29, 1.82) is 0 Å². The molecule has 14 heteroatoms. The fourth-order valence-electron chi connectivity index (χ4n) is 5.05. The van der Waals surface area contributed by atoms with E-state index in [1.165, 1.54) is 31.5 Å². The van der Waals surface area contributed by atoms with Crippen molar-refractivity contribution in [3.8, 4) is 17.0 Å². The summed E-state index contributed by atoms with van der Waals surface area (Å²) in [5.74, 6) is 0.0224. The van der Waals surface area contributed by atoms with E-state index in [0.717, 1.165) is 34.4 Å². The van der Waals surface area contributed by atoms with Crippen LogP contribution >= 0.6 is 11.3 Å². The van der Waals surface area contributed by atoms with Gasteiger partial charge in [0.05, 0.1) is 30.4 Å². The lowest BCUT2D eigenvalue weighted by molar-refractivity contribution is -0.127. The minimum absolute atomic E-state index is 0.00489. The molecule has 3 aromatic rings. The summed E-state index contributed by atoms with van der Waals surface area (Å²) < 4.78 is 20.0. The number of pyridine rings is 2. The molecule has 12 nitrogen and oxygen atoms in total. The SMILES string of the molecule is C=CC(=O)N1CCN(c2ncc(-c3ccc(OC)c(Nc4ncc(C(=O)N/C(C(=C)C)=C(F)/C=C\C)s4)n3)c(C)c2NC)C(C=O)C1. The lowest BCUT2D eigenvalue weighted by atomic mass is 10.0. The highest BCUT2D eigenvalue weighted by molar-refractivity contribution is 7.17. The van der Waals surface area contributed by atoms with Crippen LogP contribution in [-0.2, 0) is 9.59 Å². The molecule has 3 N–H and O–H groups in total. The smallest absolute Gasteiger partial charge is 0.267 e. The van der Waals surface area contributed by atoms with Crippen LogP contribution in [0.1, 0.15) is 29.1 Å². The molecule has 4 heterocycles. The van der Waals surface area contributed by atoms with Crippen molar-refractivity contribution in [3.63, 3.8) is 0 Å². The number of aldehydes is 1. The van der Waals surface area contributed by atoms with E-state index >= 15 is 0 Å². The molecule has 1 atom stereocenters. The maximum Gasteiger partial charge on any atom is 0.267 e. The molecule has 1 fully saturated rings. The maximum absolute atomic E-state index is 14.5. The first-order valence-corrected chi connectivity index (χ1v) is 15.5.